The summed E-state index contributed by atoms with van der Waals surface area (Å²) in [5.41, 5.74) is 0.522. The molecule has 21 heavy (non-hydrogen) atoms. The summed E-state index contributed by atoms with van der Waals surface area (Å²) in [6.07, 6.45) is 2.08. The van der Waals surface area contributed by atoms with E-state index in [0.29, 0.717) is 38.1 Å². The van der Waals surface area contributed by atoms with Gasteiger partial charge in [0.05, 0.1) is 13.2 Å². The lowest BCUT2D eigenvalue weighted by atomic mass is 10.2. The van der Waals surface area contributed by atoms with E-state index in [9.17, 15) is 8.78 Å². The predicted octanol–water partition coefficient (Wildman–Crippen LogP) is 2.24. The van der Waals surface area contributed by atoms with E-state index in [2.05, 4.69) is 5.32 Å². The van der Waals surface area contributed by atoms with E-state index < -0.39 is 11.6 Å². The van der Waals surface area contributed by atoms with E-state index in [4.69, 9.17) is 14.6 Å². The molecule has 0 saturated carbocycles. The Balaban J connectivity index is 2.46. The maximum absolute atomic E-state index is 13.8. The number of benzene rings is 1. The molecule has 0 fully saturated rings. The number of aliphatic hydroxyl groups is 1. The zero-order valence-electron chi connectivity index (χ0n) is 12.3. The SMILES string of the molecule is COCCNCc1cc(F)c(OCCCCCO)c(F)c1. The third-order valence-corrected chi connectivity index (χ3v) is 2.92. The zero-order chi connectivity index (χ0) is 15.5. The summed E-state index contributed by atoms with van der Waals surface area (Å²) < 4.78 is 37.6. The lowest BCUT2D eigenvalue weighted by molar-refractivity contribution is 0.199. The van der Waals surface area contributed by atoms with Crippen LogP contribution in [0.1, 0.15) is 24.8 Å². The van der Waals surface area contributed by atoms with Crippen LogP contribution in [0.4, 0.5) is 8.78 Å². The van der Waals surface area contributed by atoms with Crippen molar-refractivity contribution in [1.29, 1.82) is 0 Å². The fraction of sp³-hybridized carbons (Fsp3) is 0.600. The topological polar surface area (TPSA) is 50.7 Å². The number of rotatable bonds is 11. The van der Waals surface area contributed by atoms with Crippen LogP contribution in [0.3, 0.4) is 0 Å². The molecule has 0 saturated heterocycles. The first-order valence-electron chi connectivity index (χ1n) is 7.10. The molecule has 6 heteroatoms. The number of unbranched alkanes of at least 4 members (excludes halogenated alkanes) is 2. The summed E-state index contributed by atoms with van der Waals surface area (Å²) in [5.74, 6) is -1.72. The minimum absolute atomic E-state index is 0.119. The van der Waals surface area contributed by atoms with Gasteiger partial charge in [-0.3, -0.25) is 0 Å². The fourth-order valence-electron chi connectivity index (χ4n) is 1.82. The lowest BCUT2D eigenvalue weighted by Gasteiger charge is -2.10. The number of hydrogen-bond donors (Lipinski definition) is 2. The van der Waals surface area contributed by atoms with Gasteiger partial charge in [0.15, 0.2) is 17.4 Å². The van der Waals surface area contributed by atoms with Crippen molar-refractivity contribution in [2.45, 2.75) is 25.8 Å². The van der Waals surface area contributed by atoms with Crippen molar-refractivity contribution in [3.63, 3.8) is 0 Å². The maximum Gasteiger partial charge on any atom is 0.190 e. The zero-order valence-corrected chi connectivity index (χ0v) is 12.3. The van der Waals surface area contributed by atoms with Crippen molar-refractivity contribution < 1.29 is 23.4 Å². The molecular formula is C15H23F2NO3. The van der Waals surface area contributed by atoms with Crippen molar-refractivity contribution in [3.8, 4) is 5.75 Å². The van der Waals surface area contributed by atoms with Gasteiger partial charge < -0.3 is 19.9 Å². The number of nitrogens with one attached hydrogen (secondary N) is 1. The highest BCUT2D eigenvalue weighted by Crippen LogP contribution is 2.23. The van der Waals surface area contributed by atoms with Crippen molar-refractivity contribution in [2.24, 2.45) is 0 Å². The third-order valence-electron chi connectivity index (χ3n) is 2.92. The molecule has 1 aromatic carbocycles. The van der Waals surface area contributed by atoms with Crippen molar-refractivity contribution >= 4 is 0 Å². The van der Waals surface area contributed by atoms with Gasteiger partial charge in [-0.15, -0.1) is 0 Å². The molecule has 0 aromatic heterocycles. The van der Waals surface area contributed by atoms with E-state index >= 15 is 0 Å². The quantitative estimate of drug-likeness (QED) is 0.616. The van der Waals surface area contributed by atoms with Gasteiger partial charge in [-0.2, -0.15) is 0 Å². The summed E-state index contributed by atoms with van der Waals surface area (Å²) in [6, 6.07) is 2.54. The van der Waals surface area contributed by atoms with Crippen LogP contribution in [0, 0.1) is 11.6 Å². The van der Waals surface area contributed by atoms with Gasteiger partial charge in [0, 0.05) is 26.8 Å². The summed E-state index contributed by atoms with van der Waals surface area (Å²) in [4.78, 5) is 0. The average molecular weight is 303 g/mol. The van der Waals surface area contributed by atoms with Crippen molar-refractivity contribution in [3.05, 3.63) is 29.3 Å². The Morgan fingerprint density at radius 2 is 1.81 bits per heavy atom. The monoisotopic (exact) mass is 303 g/mol. The Morgan fingerprint density at radius 1 is 1.10 bits per heavy atom. The molecule has 0 amide bonds. The smallest absolute Gasteiger partial charge is 0.190 e. The summed E-state index contributed by atoms with van der Waals surface area (Å²) in [7, 11) is 1.59. The van der Waals surface area contributed by atoms with Crippen molar-refractivity contribution in [1.82, 2.24) is 5.32 Å². The predicted molar refractivity (Wildman–Crippen MR) is 76.4 cm³/mol. The van der Waals surface area contributed by atoms with Gasteiger partial charge in [-0.05, 0) is 37.0 Å². The molecule has 0 radical (unpaired) electrons. The van der Waals surface area contributed by atoms with Crippen LogP contribution in [0.15, 0.2) is 12.1 Å². The number of aliphatic hydroxyl groups excluding tert-OH is 1. The molecule has 1 aromatic rings. The molecule has 0 spiro atoms. The number of ether oxygens (including phenoxy) is 2. The van der Waals surface area contributed by atoms with Gasteiger partial charge in [0.25, 0.3) is 0 Å². The third kappa shape index (κ3) is 6.84. The normalized spacial score (nSPS) is 10.9. The lowest BCUT2D eigenvalue weighted by Crippen LogP contribution is -2.18. The Morgan fingerprint density at radius 3 is 2.43 bits per heavy atom. The van der Waals surface area contributed by atoms with E-state index in [1.807, 2.05) is 0 Å². The van der Waals surface area contributed by atoms with E-state index in [1.165, 1.54) is 12.1 Å². The van der Waals surface area contributed by atoms with Crippen LogP contribution < -0.4 is 10.1 Å². The first kappa shape index (κ1) is 17.8. The Kier molecular flexibility index (Phi) is 8.89. The summed E-state index contributed by atoms with van der Waals surface area (Å²) in [5, 5.41) is 11.7. The first-order chi connectivity index (χ1) is 10.2. The molecule has 0 heterocycles. The largest absolute Gasteiger partial charge is 0.488 e. The molecular weight excluding hydrogens is 280 g/mol. The second-order valence-electron chi connectivity index (χ2n) is 4.69. The number of hydrogen-bond acceptors (Lipinski definition) is 4. The van der Waals surface area contributed by atoms with Crippen LogP contribution in [-0.4, -0.2) is 38.6 Å². The molecule has 4 nitrogen and oxygen atoms in total. The Hall–Kier alpha value is -1.24. The van der Waals surface area contributed by atoms with Crippen LogP contribution >= 0.6 is 0 Å². The van der Waals surface area contributed by atoms with E-state index in [0.717, 1.165) is 6.42 Å². The van der Waals surface area contributed by atoms with Gasteiger partial charge in [-0.1, -0.05) is 0 Å². The second-order valence-corrected chi connectivity index (χ2v) is 4.69. The number of halogens is 2. The van der Waals surface area contributed by atoms with Gasteiger partial charge in [0.1, 0.15) is 0 Å². The van der Waals surface area contributed by atoms with E-state index in [-0.39, 0.29) is 19.0 Å². The second kappa shape index (κ2) is 10.5. The summed E-state index contributed by atoms with van der Waals surface area (Å²) >= 11 is 0. The molecule has 0 atom stereocenters. The minimum atomic E-state index is -0.694. The van der Waals surface area contributed by atoms with Crippen LogP contribution in [0.25, 0.3) is 0 Å². The van der Waals surface area contributed by atoms with Crippen LogP contribution in [0.2, 0.25) is 0 Å². The van der Waals surface area contributed by atoms with Gasteiger partial charge in [0.2, 0.25) is 0 Å². The molecule has 0 aliphatic rings. The molecule has 0 aliphatic carbocycles. The van der Waals surface area contributed by atoms with Crippen molar-refractivity contribution in [2.75, 3.05) is 33.5 Å². The molecule has 0 bridgehead atoms. The molecule has 0 aliphatic heterocycles. The fourth-order valence-corrected chi connectivity index (χ4v) is 1.82. The highest BCUT2D eigenvalue weighted by molar-refractivity contribution is 5.31. The van der Waals surface area contributed by atoms with Gasteiger partial charge in [-0.25, -0.2) is 8.78 Å². The van der Waals surface area contributed by atoms with Gasteiger partial charge >= 0.3 is 0 Å². The molecule has 1 rings (SSSR count). The molecule has 120 valence electrons. The average Bonchev–Trinajstić information content (AvgIpc) is 2.46. The highest BCUT2D eigenvalue weighted by atomic mass is 19.1. The maximum atomic E-state index is 13.8. The van der Waals surface area contributed by atoms with Crippen LogP contribution in [-0.2, 0) is 11.3 Å². The molecule has 2 N–H and O–H groups in total. The Bertz CT molecular complexity index is 393. The first-order valence-corrected chi connectivity index (χ1v) is 7.10. The molecule has 0 unspecified atom stereocenters. The van der Waals surface area contributed by atoms with E-state index in [1.54, 1.807) is 7.11 Å². The number of methoxy groups -OCH3 is 1. The standard InChI is InChI=1S/C15H23F2NO3/c1-20-8-5-18-11-12-9-13(16)15(14(17)10-12)21-7-4-2-3-6-19/h9-10,18-19H,2-8,11H2,1H3. The minimum Gasteiger partial charge on any atom is -0.488 e. The van der Waals surface area contributed by atoms with Crippen LogP contribution in [0.5, 0.6) is 5.75 Å². The summed E-state index contributed by atoms with van der Waals surface area (Å²) in [6.45, 7) is 1.88. The highest BCUT2D eigenvalue weighted by Gasteiger charge is 2.12. The Labute approximate surface area is 124 Å².